The van der Waals surface area contributed by atoms with Crippen molar-refractivity contribution in [1.82, 2.24) is 9.36 Å². The number of rotatable bonds is 6. The number of halogens is 1. The lowest BCUT2D eigenvalue weighted by Gasteiger charge is -2.12. The van der Waals surface area contributed by atoms with Crippen LogP contribution in [0.2, 0.25) is 0 Å². The van der Waals surface area contributed by atoms with E-state index in [-0.39, 0.29) is 11.7 Å². The molecule has 0 aliphatic carbocycles. The van der Waals surface area contributed by atoms with Crippen LogP contribution < -0.4 is 10.2 Å². The molecule has 1 N–H and O–H groups in total. The molecule has 8 heteroatoms. The maximum absolute atomic E-state index is 12.9. The number of carbonyl (C=O) groups is 1. The molecule has 134 valence electrons. The molecule has 0 atom stereocenters. The summed E-state index contributed by atoms with van der Waals surface area (Å²) in [5, 5.41) is 3.80. The van der Waals surface area contributed by atoms with Crippen molar-refractivity contribution in [1.29, 1.82) is 0 Å². The molecule has 1 aromatic heterocycles. The predicted molar refractivity (Wildman–Crippen MR) is 105 cm³/mol. The van der Waals surface area contributed by atoms with Crippen molar-refractivity contribution in [3.63, 3.8) is 0 Å². The van der Waals surface area contributed by atoms with Gasteiger partial charge in [-0.1, -0.05) is 23.9 Å². The SMILES string of the molecule is CN(C)c1ccc(C(=O)Nc2nc(SCc3ccc(F)cc3)ns2)cc1. The van der Waals surface area contributed by atoms with Gasteiger partial charge in [-0.3, -0.25) is 10.1 Å². The fourth-order valence-electron chi connectivity index (χ4n) is 2.13. The molecule has 0 spiro atoms. The standard InChI is InChI=1S/C18H17FN4OS2/c1-23(2)15-9-5-13(6-10-15)16(24)20-17-21-18(22-26-17)25-11-12-3-7-14(19)8-4-12/h3-10H,11H2,1-2H3,(H,20,21,22,24). The second-order valence-corrected chi connectivity index (χ2v) is 7.39. The van der Waals surface area contributed by atoms with E-state index in [1.807, 2.05) is 31.1 Å². The van der Waals surface area contributed by atoms with Crippen molar-refractivity contribution in [3.05, 3.63) is 65.5 Å². The third-order valence-corrected chi connectivity index (χ3v) is 5.22. The first-order chi connectivity index (χ1) is 12.5. The molecule has 1 heterocycles. The monoisotopic (exact) mass is 388 g/mol. The van der Waals surface area contributed by atoms with Crippen molar-refractivity contribution < 1.29 is 9.18 Å². The van der Waals surface area contributed by atoms with Crippen LogP contribution in [-0.2, 0) is 5.75 Å². The topological polar surface area (TPSA) is 58.1 Å². The van der Waals surface area contributed by atoms with E-state index < -0.39 is 0 Å². The van der Waals surface area contributed by atoms with Crippen LogP contribution in [0, 0.1) is 5.82 Å². The van der Waals surface area contributed by atoms with Gasteiger partial charge >= 0.3 is 0 Å². The van der Waals surface area contributed by atoms with E-state index in [1.165, 1.54) is 23.9 Å². The summed E-state index contributed by atoms with van der Waals surface area (Å²) in [6, 6.07) is 13.6. The van der Waals surface area contributed by atoms with E-state index in [4.69, 9.17) is 0 Å². The summed E-state index contributed by atoms with van der Waals surface area (Å²) in [5.74, 6) is 0.159. The van der Waals surface area contributed by atoms with E-state index in [9.17, 15) is 9.18 Å². The Morgan fingerprint density at radius 2 is 1.85 bits per heavy atom. The first-order valence-corrected chi connectivity index (χ1v) is 9.57. The van der Waals surface area contributed by atoms with Gasteiger partial charge in [0.25, 0.3) is 5.91 Å². The van der Waals surface area contributed by atoms with Gasteiger partial charge in [-0.25, -0.2) is 4.39 Å². The third kappa shape index (κ3) is 4.80. The van der Waals surface area contributed by atoms with Gasteiger partial charge < -0.3 is 4.90 Å². The highest BCUT2D eigenvalue weighted by molar-refractivity contribution is 7.98. The van der Waals surface area contributed by atoms with Crippen LogP contribution in [-0.4, -0.2) is 29.4 Å². The summed E-state index contributed by atoms with van der Waals surface area (Å²) in [7, 11) is 3.89. The average Bonchev–Trinajstić information content (AvgIpc) is 3.08. The molecule has 1 amide bonds. The number of amides is 1. The number of nitrogens with zero attached hydrogens (tertiary/aromatic N) is 3. The van der Waals surface area contributed by atoms with Crippen LogP contribution in [0.15, 0.2) is 53.7 Å². The normalized spacial score (nSPS) is 10.6. The molecule has 3 rings (SSSR count). The van der Waals surface area contributed by atoms with Crippen molar-refractivity contribution in [2.45, 2.75) is 10.9 Å². The number of carbonyl (C=O) groups excluding carboxylic acids is 1. The Morgan fingerprint density at radius 1 is 1.15 bits per heavy atom. The number of aromatic nitrogens is 2. The van der Waals surface area contributed by atoms with E-state index in [0.29, 0.717) is 21.6 Å². The number of thioether (sulfide) groups is 1. The summed E-state index contributed by atoms with van der Waals surface area (Å²) in [6.07, 6.45) is 0. The van der Waals surface area contributed by atoms with E-state index in [0.717, 1.165) is 22.8 Å². The third-order valence-electron chi connectivity index (χ3n) is 3.55. The Hall–Kier alpha value is -2.45. The lowest BCUT2D eigenvalue weighted by atomic mass is 10.2. The first-order valence-electron chi connectivity index (χ1n) is 7.81. The lowest BCUT2D eigenvalue weighted by molar-refractivity contribution is 0.102. The van der Waals surface area contributed by atoms with Gasteiger partial charge in [0.05, 0.1) is 0 Å². The largest absolute Gasteiger partial charge is 0.378 e. The quantitative estimate of drug-likeness (QED) is 0.639. The second-order valence-electron chi connectivity index (χ2n) is 5.69. The van der Waals surface area contributed by atoms with E-state index >= 15 is 0 Å². The molecule has 0 aliphatic rings. The summed E-state index contributed by atoms with van der Waals surface area (Å²) in [6.45, 7) is 0. The van der Waals surface area contributed by atoms with Crippen molar-refractivity contribution >= 4 is 40.0 Å². The minimum Gasteiger partial charge on any atom is -0.378 e. The Bertz CT molecular complexity index is 879. The Morgan fingerprint density at radius 3 is 2.50 bits per heavy atom. The minimum atomic E-state index is -0.255. The highest BCUT2D eigenvalue weighted by Gasteiger charge is 2.11. The number of nitrogens with one attached hydrogen (secondary N) is 1. The molecule has 0 fully saturated rings. The highest BCUT2D eigenvalue weighted by atomic mass is 32.2. The molecule has 0 saturated heterocycles. The van der Waals surface area contributed by atoms with Crippen LogP contribution in [0.3, 0.4) is 0 Å². The molecule has 0 unspecified atom stereocenters. The van der Waals surface area contributed by atoms with Crippen LogP contribution >= 0.6 is 23.3 Å². The van der Waals surface area contributed by atoms with Crippen LogP contribution in [0.25, 0.3) is 0 Å². The molecule has 2 aromatic carbocycles. The first kappa shape index (κ1) is 18.3. The maximum Gasteiger partial charge on any atom is 0.257 e. The smallest absolute Gasteiger partial charge is 0.257 e. The summed E-state index contributed by atoms with van der Waals surface area (Å²) >= 11 is 2.57. The lowest BCUT2D eigenvalue weighted by Crippen LogP contribution is -2.13. The molecule has 0 saturated carbocycles. The minimum absolute atomic E-state index is 0.221. The second kappa shape index (κ2) is 8.29. The molecule has 5 nitrogen and oxygen atoms in total. The van der Waals surface area contributed by atoms with Gasteiger partial charge in [0.1, 0.15) is 5.82 Å². The zero-order valence-corrected chi connectivity index (χ0v) is 15.9. The predicted octanol–water partition coefficient (Wildman–Crippen LogP) is 4.29. The van der Waals surface area contributed by atoms with Crippen molar-refractivity contribution in [2.24, 2.45) is 0 Å². The van der Waals surface area contributed by atoms with Gasteiger partial charge in [0.2, 0.25) is 10.3 Å². The van der Waals surface area contributed by atoms with Crippen LogP contribution in [0.5, 0.6) is 0 Å². The molecule has 0 bridgehead atoms. The molecule has 3 aromatic rings. The molecule has 0 aliphatic heterocycles. The fraction of sp³-hybridized carbons (Fsp3) is 0.167. The van der Waals surface area contributed by atoms with E-state index in [2.05, 4.69) is 14.7 Å². The summed E-state index contributed by atoms with van der Waals surface area (Å²) in [5.41, 5.74) is 2.57. The van der Waals surface area contributed by atoms with Crippen LogP contribution in [0.4, 0.5) is 15.2 Å². The molecule has 0 radical (unpaired) electrons. The number of hydrogen-bond acceptors (Lipinski definition) is 6. The molecular weight excluding hydrogens is 371 g/mol. The van der Waals surface area contributed by atoms with Gasteiger partial charge in [-0.2, -0.15) is 9.36 Å². The highest BCUT2D eigenvalue weighted by Crippen LogP contribution is 2.24. The molecular formula is C18H17FN4OS2. The Kier molecular flexibility index (Phi) is 5.85. The van der Waals surface area contributed by atoms with Crippen molar-refractivity contribution in [3.8, 4) is 0 Å². The van der Waals surface area contributed by atoms with Crippen LogP contribution in [0.1, 0.15) is 15.9 Å². The average molecular weight is 388 g/mol. The maximum atomic E-state index is 12.9. The Labute approximate surface area is 159 Å². The van der Waals surface area contributed by atoms with Gasteiger partial charge in [0, 0.05) is 42.6 Å². The van der Waals surface area contributed by atoms with E-state index in [1.54, 1.807) is 24.3 Å². The number of hydrogen-bond donors (Lipinski definition) is 1. The fourth-order valence-corrected chi connectivity index (χ4v) is 3.62. The zero-order valence-electron chi connectivity index (χ0n) is 14.3. The number of anilines is 2. The number of benzene rings is 2. The summed E-state index contributed by atoms with van der Waals surface area (Å²) < 4.78 is 17.1. The Balaban J connectivity index is 1.57. The van der Waals surface area contributed by atoms with Crippen molar-refractivity contribution in [2.75, 3.05) is 24.3 Å². The van der Waals surface area contributed by atoms with Gasteiger partial charge in [0.15, 0.2) is 0 Å². The molecule has 26 heavy (non-hydrogen) atoms. The summed E-state index contributed by atoms with van der Waals surface area (Å²) in [4.78, 5) is 18.6. The van der Waals surface area contributed by atoms with Gasteiger partial charge in [-0.15, -0.1) is 0 Å². The zero-order chi connectivity index (χ0) is 18.5. The van der Waals surface area contributed by atoms with Gasteiger partial charge in [-0.05, 0) is 42.0 Å².